The largest absolute Gasteiger partial charge is 0.465 e. The summed E-state index contributed by atoms with van der Waals surface area (Å²) in [6, 6.07) is 3.95. The van der Waals surface area contributed by atoms with Crippen LogP contribution in [0.5, 0.6) is 0 Å². The van der Waals surface area contributed by atoms with Crippen molar-refractivity contribution < 1.29 is 9.21 Å². The number of carbonyl (C=O) groups is 1. The fraction of sp³-hybridized carbons (Fsp3) is 0.429. The van der Waals surface area contributed by atoms with Crippen LogP contribution in [-0.2, 0) is 4.79 Å². The highest BCUT2D eigenvalue weighted by atomic mass is 32.2. The fourth-order valence-electron chi connectivity index (χ4n) is 2.64. The standard InChI is InChI=1S/C14H15NO2S2/c16-13-12(9-11-7-4-8-17-11)19-14(18)15(13)10-5-2-1-3-6-10/h4,7-10H,1-3,5-6H2. The number of furan rings is 1. The van der Waals surface area contributed by atoms with E-state index in [-0.39, 0.29) is 5.91 Å². The third kappa shape index (κ3) is 2.62. The summed E-state index contributed by atoms with van der Waals surface area (Å²) in [5.41, 5.74) is 0. The van der Waals surface area contributed by atoms with E-state index in [2.05, 4.69) is 0 Å². The normalized spacial score (nSPS) is 23.6. The summed E-state index contributed by atoms with van der Waals surface area (Å²) >= 11 is 6.75. The first kappa shape index (κ1) is 12.9. The number of hydrogen-bond donors (Lipinski definition) is 0. The van der Waals surface area contributed by atoms with E-state index < -0.39 is 0 Å². The van der Waals surface area contributed by atoms with Crippen LogP contribution < -0.4 is 0 Å². The van der Waals surface area contributed by atoms with Gasteiger partial charge in [-0.1, -0.05) is 43.2 Å². The van der Waals surface area contributed by atoms with Crippen molar-refractivity contribution in [1.82, 2.24) is 4.90 Å². The lowest BCUT2D eigenvalue weighted by Gasteiger charge is -2.29. The van der Waals surface area contributed by atoms with Gasteiger partial charge in [-0.2, -0.15) is 0 Å². The van der Waals surface area contributed by atoms with E-state index in [1.807, 2.05) is 17.0 Å². The molecule has 1 aromatic rings. The minimum absolute atomic E-state index is 0.0401. The van der Waals surface area contributed by atoms with E-state index in [4.69, 9.17) is 16.6 Å². The molecule has 1 saturated heterocycles. The zero-order valence-corrected chi connectivity index (χ0v) is 12.1. The summed E-state index contributed by atoms with van der Waals surface area (Å²) in [6.07, 6.45) is 9.18. The second kappa shape index (κ2) is 5.51. The molecule has 1 aromatic heterocycles. The molecule has 5 heteroatoms. The quantitative estimate of drug-likeness (QED) is 0.613. The van der Waals surface area contributed by atoms with Gasteiger partial charge in [-0.25, -0.2) is 0 Å². The Morgan fingerprint density at radius 3 is 2.84 bits per heavy atom. The second-order valence-electron chi connectivity index (χ2n) is 4.86. The van der Waals surface area contributed by atoms with Crippen molar-refractivity contribution in [2.45, 2.75) is 38.1 Å². The molecule has 1 amide bonds. The van der Waals surface area contributed by atoms with Crippen LogP contribution in [0.15, 0.2) is 27.7 Å². The topological polar surface area (TPSA) is 33.5 Å². The number of thiocarbonyl (C=S) groups is 1. The summed E-state index contributed by atoms with van der Waals surface area (Å²) < 4.78 is 5.95. The van der Waals surface area contributed by atoms with Crippen LogP contribution in [0.4, 0.5) is 0 Å². The number of rotatable bonds is 2. The van der Waals surface area contributed by atoms with Crippen LogP contribution in [0.2, 0.25) is 0 Å². The predicted molar refractivity (Wildman–Crippen MR) is 80.6 cm³/mol. The maximum Gasteiger partial charge on any atom is 0.266 e. The van der Waals surface area contributed by atoms with Gasteiger partial charge >= 0.3 is 0 Å². The average molecular weight is 293 g/mol. The summed E-state index contributed by atoms with van der Waals surface area (Å²) in [7, 11) is 0. The second-order valence-corrected chi connectivity index (χ2v) is 6.53. The zero-order valence-electron chi connectivity index (χ0n) is 10.5. The molecule has 2 fully saturated rings. The lowest BCUT2D eigenvalue weighted by molar-refractivity contribution is -0.124. The molecule has 0 atom stereocenters. The molecular formula is C14H15NO2S2. The first-order chi connectivity index (χ1) is 9.25. The minimum Gasteiger partial charge on any atom is -0.465 e. The molecular weight excluding hydrogens is 278 g/mol. The number of amides is 1. The van der Waals surface area contributed by atoms with Gasteiger partial charge in [0.25, 0.3) is 5.91 Å². The Morgan fingerprint density at radius 1 is 1.37 bits per heavy atom. The molecule has 0 aromatic carbocycles. The lowest BCUT2D eigenvalue weighted by Crippen LogP contribution is -2.39. The van der Waals surface area contributed by atoms with Gasteiger partial charge in [-0.05, 0) is 25.0 Å². The minimum atomic E-state index is 0.0401. The van der Waals surface area contributed by atoms with E-state index in [0.29, 0.717) is 21.0 Å². The van der Waals surface area contributed by atoms with E-state index in [9.17, 15) is 4.79 Å². The molecule has 2 heterocycles. The average Bonchev–Trinajstić information content (AvgIpc) is 3.01. The molecule has 0 unspecified atom stereocenters. The Balaban J connectivity index is 1.80. The Bertz CT molecular complexity index is 516. The first-order valence-corrected chi connectivity index (χ1v) is 7.79. The molecule has 1 aliphatic heterocycles. The van der Waals surface area contributed by atoms with Gasteiger partial charge < -0.3 is 4.42 Å². The maximum atomic E-state index is 12.4. The molecule has 1 saturated carbocycles. The fourth-order valence-corrected chi connectivity index (χ4v) is 4.02. The Hall–Kier alpha value is -1.07. The SMILES string of the molecule is O=C1C(=Cc2ccco2)SC(=S)N1C1CCCCC1. The molecule has 1 aliphatic carbocycles. The summed E-state index contributed by atoms with van der Waals surface area (Å²) in [5, 5.41) is 0. The van der Waals surface area contributed by atoms with Crippen LogP contribution in [0.3, 0.4) is 0 Å². The summed E-state index contributed by atoms with van der Waals surface area (Å²) in [4.78, 5) is 14.9. The van der Waals surface area contributed by atoms with E-state index in [1.165, 1.54) is 31.0 Å². The lowest BCUT2D eigenvalue weighted by atomic mass is 9.94. The van der Waals surface area contributed by atoms with Gasteiger partial charge in [0, 0.05) is 12.1 Å². The van der Waals surface area contributed by atoms with Gasteiger partial charge in [-0.15, -0.1) is 0 Å². The van der Waals surface area contributed by atoms with Crippen molar-refractivity contribution in [2.75, 3.05) is 0 Å². The highest BCUT2D eigenvalue weighted by Gasteiger charge is 2.37. The van der Waals surface area contributed by atoms with E-state index in [0.717, 1.165) is 12.8 Å². The van der Waals surface area contributed by atoms with Gasteiger partial charge in [0.2, 0.25) is 0 Å². The summed E-state index contributed by atoms with van der Waals surface area (Å²) in [6.45, 7) is 0. The molecule has 3 rings (SSSR count). The van der Waals surface area contributed by atoms with Crippen molar-refractivity contribution >= 4 is 40.3 Å². The monoisotopic (exact) mass is 293 g/mol. The van der Waals surface area contributed by atoms with Crippen molar-refractivity contribution in [3.05, 3.63) is 29.1 Å². The van der Waals surface area contributed by atoms with Gasteiger partial charge in [-0.3, -0.25) is 9.69 Å². The number of carbonyl (C=O) groups excluding carboxylic acids is 1. The molecule has 2 aliphatic rings. The third-order valence-corrected chi connectivity index (χ3v) is 4.91. The molecule has 0 radical (unpaired) electrons. The van der Waals surface area contributed by atoms with Crippen molar-refractivity contribution in [3.8, 4) is 0 Å². The Kier molecular flexibility index (Phi) is 3.75. The molecule has 3 nitrogen and oxygen atoms in total. The van der Waals surface area contributed by atoms with Crippen LogP contribution in [-0.4, -0.2) is 21.2 Å². The first-order valence-electron chi connectivity index (χ1n) is 6.56. The Labute approximate surface area is 122 Å². The number of nitrogens with zero attached hydrogens (tertiary/aromatic N) is 1. The highest BCUT2D eigenvalue weighted by molar-refractivity contribution is 8.26. The van der Waals surface area contributed by atoms with Gasteiger partial charge in [0.15, 0.2) is 0 Å². The smallest absolute Gasteiger partial charge is 0.266 e. The Morgan fingerprint density at radius 2 is 2.16 bits per heavy atom. The van der Waals surface area contributed by atoms with Gasteiger partial charge in [0.05, 0.1) is 11.2 Å². The maximum absolute atomic E-state index is 12.4. The highest BCUT2D eigenvalue weighted by Crippen LogP contribution is 2.37. The van der Waals surface area contributed by atoms with Crippen molar-refractivity contribution in [1.29, 1.82) is 0 Å². The molecule has 0 spiro atoms. The van der Waals surface area contributed by atoms with Crippen LogP contribution in [0, 0.1) is 0 Å². The van der Waals surface area contributed by atoms with Crippen LogP contribution >= 0.6 is 24.0 Å². The molecule has 0 bridgehead atoms. The number of hydrogen-bond acceptors (Lipinski definition) is 4. The summed E-state index contributed by atoms with van der Waals surface area (Å²) in [5.74, 6) is 0.738. The predicted octanol–water partition coefficient (Wildman–Crippen LogP) is 3.81. The van der Waals surface area contributed by atoms with E-state index in [1.54, 1.807) is 12.3 Å². The van der Waals surface area contributed by atoms with Crippen molar-refractivity contribution in [2.24, 2.45) is 0 Å². The van der Waals surface area contributed by atoms with E-state index >= 15 is 0 Å². The van der Waals surface area contributed by atoms with Gasteiger partial charge in [0.1, 0.15) is 10.1 Å². The van der Waals surface area contributed by atoms with Crippen LogP contribution in [0.1, 0.15) is 37.9 Å². The number of thioether (sulfide) groups is 1. The third-order valence-electron chi connectivity index (χ3n) is 3.58. The molecule has 100 valence electrons. The van der Waals surface area contributed by atoms with Crippen molar-refractivity contribution in [3.63, 3.8) is 0 Å². The zero-order chi connectivity index (χ0) is 13.2. The molecule has 0 N–H and O–H groups in total. The van der Waals surface area contributed by atoms with Crippen LogP contribution in [0.25, 0.3) is 6.08 Å². The molecule has 19 heavy (non-hydrogen) atoms.